The molecule has 0 saturated carbocycles. The van der Waals surface area contributed by atoms with Crippen molar-refractivity contribution in [1.82, 2.24) is 4.72 Å². The predicted octanol–water partition coefficient (Wildman–Crippen LogP) is 3.44. The number of rotatable bonds is 9. The minimum atomic E-state index is -3.89. The molecule has 5 nitrogen and oxygen atoms in total. The van der Waals surface area contributed by atoms with Crippen LogP contribution in [0.5, 0.6) is 5.75 Å². The summed E-state index contributed by atoms with van der Waals surface area (Å²) >= 11 is 0. The zero-order valence-corrected chi connectivity index (χ0v) is 15.4. The summed E-state index contributed by atoms with van der Waals surface area (Å²) in [4.78, 5) is 11.9. The molecule has 1 amide bonds. The van der Waals surface area contributed by atoms with Gasteiger partial charge in [-0.1, -0.05) is 37.6 Å². The third kappa shape index (κ3) is 5.84. The molecule has 7 heteroatoms. The standard InChI is InChI=1S/C19H22FNO4S/c1-2-6-15-10-12-16(13-11-15)26(23,24)21-19(22)9-5-14-25-18-8-4-3-7-17(18)20/h3-4,7-8,10-13H,2,5-6,9,14H2,1H3,(H,21,22). The SMILES string of the molecule is CCCc1ccc(S(=O)(=O)NC(=O)CCCOc2ccccc2F)cc1. The Morgan fingerprint density at radius 3 is 2.46 bits per heavy atom. The number of ether oxygens (including phenoxy) is 1. The third-order valence-electron chi connectivity index (χ3n) is 3.66. The summed E-state index contributed by atoms with van der Waals surface area (Å²) in [6, 6.07) is 12.4. The van der Waals surface area contributed by atoms with E-state index >= 15 is 0 Å². The number of benzene rings is 2. The fourth-order valence-electron chi connectivity index (χ4n) is 2.36. The van der Waals surface area contributed by atoms with Crippen LogP contribution in [0.4, 0.5) is 4.39 Å². The van der Waals surface area contributed by atoms with Gasteiger partial charge in [0, 0.05) is 6.42 Å². The topological polar surface area (TPSA) is 72.5 Å². The first-order valence-corrected chi connectivity index (χ1v) is 9.92. The van der Waals surface area contributed by atoms with Gasteiger partial charge in [-0.05, 0) is 42.7 Å². The monoisotopic (exact) mass is 379 g/mol. The number of aryl methyl sites for hydroxylation is 1. The maximum absolute atomic E-state index is 13.4. The summed E-state index contributed by atoms with van der Waals surface area (Å²) in [5, 5.41) is 0. The molecule has 0 aromatic heterocycles. The van der Waals surface area contributed by atoms with E-state index in [-0.39, 0.29) is 30.1 Å². The van der Waals surface area contributed by atoms with E-state index in [1.54, 1.807) is 24.3 Å². The van der Waals surface area contributed by atoms with Crippen molar-refractivity contribution in [3.05, 3.63) is 59.9 Å². The normalized spacial score (nSPS) is 11.2. The van der Waals surface area contributed by atoms with Gasteiger partial charge in [-0.2, -0.15) is 0 Å². The molecular formula is C19H22FNO4S. The van der Waals surface area contributed by atoms with Crippen LogP contribution in [-0.4, -0.2) is 20.9 Å². The van der Waals surface area contributed by atoms with E-state index in [1.165, 1.54) is 24.3 Å². The highest BCUT2D eigenvalue weighted by Crippen LogP contribution is 2.16. The lowest BCUT2D eigenvalue weighted by Gasteiger charge is -2.09. The number of hydrogen-bond acceptors (Lipinski definition) is 4. The van der Waals surface area contributed by atoms with Gasteiger partial charge >= 0.3 is 0 Å². The Morgan fingerprint density at radius 1 is 1.12 bits per heavy atom. The second-order valence-corrected chi connectivity index (χ2v) is 7.49. The molecule has 0 bridgehead atoms. The van der Waals surface area contributed by atoms with Gasteiger partial charge in [0.25, 0.3) is 10.0 Å². The Morgan fingerprint density at radius 2 is 1.81 bits per heavy atom. The molecule has 0 atom stereocenters. The van der Waals surface area contributed by atoms with Crippen molar-refractivity contribution in [2.45, 2.75) is 37.5 Å². The minimum Gasteiger partial charge on any atom is -0.491 e. The Balaban J connectivity index is 1.81. The number of halogens is 1. The van der Waals surface area contributed by atoms with Crippen LogP contribution in [-0.2, 0) is 21.2 Å². The molecule has 26 heavy (non-hydrogen) atoms. The van der Waals surface area contributed by atoms with Crippen molar-refractivity contribution in [3.8, 4) is 5.75 Å². The quantitative estimate of drug-likeness (QED) is 0.678. The van der Waals surface area contributed by atoms with Crippen molar-refractivity contribution >= 4 is 15.9 Å². The molecule has 140 valence electrons. The molecule has 0 radical (unpaired) electrons. The molecule has 0 aliphatic rings. The van der Waals surface area contributed by atoms with Crippen LogP contribution in [0.3, 0.4) is 0 Å². The van der Waals surface area contributed by atoms with E-state index in [0.717, 1.165) is 18.4 Å². The summed E-state index contributed by atoms with van der Waals surface area (Å²) in [6.07, 6.45) is 2.07. The van der Waals surface area contributed by atoms with Gasteiger partial charge in [0.1, 0.15) is 0 Å². The Hall–Kier alpha value is -2.41. The van der Waals surface area contributed by atoms with E-state index < -0.39 is 21.7 Å². The highest BCUT2D eigenvalue weighted by atomic mass is 32.2. The van der Waals surface area contributed by atoms with E-state index in [1.807, 2.05) is 11.6 Å². The van der Waals surface area contributed by atoms with Gasteiger partial charge < -0.3 is 4.74 Å². The zero-order valence-electron chi connectivity index (χ0n) is 14.6. The average molecular weight is 379 g/mol. The maximum atomic E-state index is 13.4. The summed E-state index contributed by atoms with van der Waals surface area (Å²) in [6.45, 7) is 2.15. The summed E-state index contributed by atoms with van der Waals surface area (Å²) in [5.41, 5.74) is 1.04. The molecule has 0 heterocycles. The fraction of sp³-hybridized carbons (Fsp3) is 0.316. The minimum absolute atomic E-state index is 0.0401. The van der Waals surface area contributed by atoms with Crippen LogP contribution in [0.2, 0.25) is 0 Å². The molecule has 0 unspecified atom stereocenters. The van der Waals surface area contributed by atoms with Gasteiger partial charge in [-0.15, -0.1) is 0 Å². The number of nitrogens with one attached hydrogen (secondary N) is 1. The Kier molecular flexibility index (Phi) is 7.15. The van der Waals surface area contributed by atoms with Gasteiger partial charge in [0.15, 0.2) is 11.6 Å². The number of para-hydroxylation sites is 1. The lowest BCUT2D eigenvalue weighted by Crippen LogP contribution is -2.30. The second-order valence-electron chi connectivity index (χ2n) is 5.81. The maximum Gasteiger partial charge on any atom is 0.264 e. The Labute approximate surface area is 153 Å². The van der Waals surface area contributed by atoms with Crippen molar-refractivity contribution in [2.75, 3.05) is 6.61 Å². The Bertz CT molecular complexity index is 835. The molecule has 2 rings (SSSR count). The first kappa shape index (κ1) is 19.9. The molecule has 0 aliphatic heterocycles. The van der Waals surface area contributed by atoms with E-state index in [0.29, 0.717) is 0 Å². The molecule has 0 saturated heterocycles. The number of amides is 1. The lowest BCUT2D eigenvalue weighted by atomic mass is 10.1. The van der Waals surface area contributed by atoms with Crippen molar-refractivity contribution in [1.29, 1.82) is 0 Å². The third-order valence-corrected chi connectivity index (χ3v) is 5.05. The van der Waals surface area contributed by atoms with Crippen molar-refractivity contribution < 1.29 is 22.3 Å². The van der Waals surface area contributed by atoms with Crippen LogP contribution in [0.25, 0.3) is 0 Å². The lowest BCUT2D eigenvalue weighted by molar-refractivity contribution is -0.119. The van der Waals surface area contributed by atoms with Crippen LogP contribution in [0, 0.1) is 5.82 Å². The van der Waals surface area contributed by atoms with Crippen molar-refractivity contribution in [3.63, 3.8) is 0 Å². The predicted molar refractivity (Wildman–Crippen MR) is 96.9 cm³/mol. The molecule has 1 N–H and O–H groups in total. The van der Waals surface area contributed by atoms with Crippen molar-refractivity contribution in [2.24, 2.45) is 0 Å². The van der Waals surface area contributed by atoms with E-state index in [9.17, 15) is 17.6 Å². The van der Waals surface area contributed by atoms with Gasteiger partial charge in [0.2, 0.25) is 5.91 Å². The highest BCUT2D eigenvalue weighted by Gasteiger charge is 2.17. The molecule has 0 fully saturated rings. The molecular weight excluding hydrogens is 357 g/mol. The second kappa shape index (κ2) is 9.33. The summed E-state index contributed by atoms with van der Waals surface area (Å²) in [5.74, 6) is -1.00. The number of hydrogen-bond donors (Lipinski definition) is 1. The summed E-state index contributed by atoms with van der Waals surface area (Å²) in [7, 11) is -3.89. The smallest absolute Gasteiger partial charge is 0.264 e. The van der Waals surface area contributed by atoms with Crippen LogP contribution in [0.15, 0.2) is 53.4 Å². The van der Waals surface area contributed by atoms with E-state index in [2.05, 4.69) is 0 Å². The van der Waals surface area contributed by atoms with Gasteiger partial charge in [-0.25, -0.2) is 17.5 Å². The molecule has 0 spiro atoms. The van der Waals surface area contributed by atoms with Crippen LogP contribution >= 0.6 is 0 Å². The van der Waals surface area contributed by atoms with E-state index in [4.69, 9.17) is 4.74 Å². The number of carbonyl (C=O) groups is 1. The highest BCUT2D eigenvalue weighted by molar-refractivity contribution is 7.90. The molecule has 0 aliphatic carbocycles. The van der Waals surface area contributed by atoms with Crippen LogP contribution < -0.4 is 9.46 Å². The molecule has 2 aromatic rings. The largest absolute Gasteiger partial charge is 0.491 e. The average Bonchev–Trinajstić information content (AvgIpc) is 2.60. The van der Waals surface area contributed by atoms with Gasteiger partial charge in [0.05, 0.1) is 11.5 Å². The summed E-state index contributed by atoms with van der Waals surface area (Å²) < 4.78 is 45.0. The first-order chi connectivity index (χ1) is 12.4. The number of sulfonamides is 1. The fourth-order valence-corrected chi connectivity index (χ4v) is 3.37. The first-order valence-electron chi connectivity index (χ1n) is 8.44. The molecule has 2 aromatic carbocycles. The zero-order chi connectivity index (χ0) is 19.0. The number of carbonyl (C=O) groups excluding carboxylic acids is 1. The van der Waals surface area contributed by atoms with Gasteiger partial charge in [-0.3, -0.25) is 4.79 Å². The van der Waals surface area contributed by atoms with Crippen LogP contribution in [0.1, 0.15) is 31.7 Å².